The lowest BCUT2D eigenvalue weighted by Gasteiger charge is -2.39. The molecule has 2 amide bonds. The van der Waals surface area contributed by atoms with Gasteiger partial charge in [0.1, 0.15) is 6.04 Å². The highest BCUT2D eigenvalue weighted by Gasteiger charge is 2.37. The zero-order chi connectivity index (χ0) is 17.1. The summed E-state index contributed by atoms with van der Waals surface area (Å²) in [6, 6.07) is -0.270. The van der Waals surface area contributed by atoms with Crippen molar-refractivity contribution in [3.63, 3.8) is 0 Å². The molecule has 0 bridgehead atoms. The Balaban J connectivity index is 2.88. The van der Waals surface area contributed by atoms with Crippen LogP contribution in [0.3, 0.4) is 0 Å². The zero-order valence-electron chi connectivity index (χ0n) is 15.3. The zero-order valence-corrected chi connectivity index (χ0v) is 15.3. The van der Waals surface area contributed by atoms with Gasteiger partial charge in [0.05, 0.1) is 6.04 Å². The predicted octanol–water partition coefficient (Wildman–Crippen LogP) is 1.87. The number of rotatable bonds is 4. The second-order valence-electron chi connectivity index (χ2n) is 7.88. The molecule has 22 heavy (non-hydrogen) atoms. The van der Waals surface area contributed by atoms with Crippen LogP contribution < -0.4 is 5.32 Å². The molecule has 0 radical (unpaired) electrons. The van der Waals surface area contributed by atoms with Gasteiger partial charge in [-0.1, -0.05) is 27.2 Å². The van der Waals surface area contributed by atoms with Gasteiger partial charge < -0.3 is 10.2 Å². The lowest BCUT2D eigenvalue weighted by atomic mass is 9.85. The van der Waals surface area contributed by atoms with Crippen LogP contribution in [-0.2, 0) is 9.59 Å². The summed E-state index contributed by atoms with van der Waals surface area (Å²) in [5.41, 5.74) is -0.311. The number of nitrogens with one attached hydrogen (secondary N) is 1. The molecule has 0 aromatic heterocycles. The smallest absolute Gasteiger partial charge is 0.245 e. The van der Waals surface area contributed by atoms with Crippen LogP contribution in [0.5, 0.6) is 0 Å². The van der Waals surface area contributed by atoms with E-state index in [0.29, 0.717) is 6.04 Å². The predicted molar refractivity (Wildman–Crippen MR) is 89.6 cm³/mol. The van der Waals surface area contributed by atoms with Gasteiger partial charge in [0.15, 0.2) is 0 Å². The molecule has 2 atom stereocenters. The summed E-state index contributed by atoms with van der Waals surface area (Å²) in [4.78, 5) is 29.0. The van der Waals surface area contributed by atoms with Crippen LogP contribution in [-0.4, -0.2) is 60.4 Å². The van der Waals surface area contributed by atoms with Gasteiger partial charge in [-0.25, -0.2) is 0 Å². The van der Waals surface area contributed by atoms with Crippen molar-refractivity contribution in [2.75, 3.05) is 20.6 Å². The maximum Gasteiger partial charge on any atom is 0.245 e. The van der Waals surface area contributed by atoms with Crippen LogP contribution in [0.15, 0.2) is 0 Å². The third-order valence-corrected chi connectivity index (χ3v) is 4.35. The fourth-order valence-electron chi connectivity index (χ4n) is 3.00. The lowest BCUT2D eigenvalue weighted by Crippen LogP contribution is -2.59. The molecule has 1 aliphatic rings. The molecule has 1 rings (SSSR count). The molecule has 5 heteroatoms. The number of carbonyl (C=O) groups is 2. The first-order chi connectivity index (χ1) is 10.1. The number of amides is 2. The van der Waals surface area contributed by atoms with Gasteiger partial charge in [-0.15, -0.1) is 0 Å². The van der Waals surface area contributed by atoms with Crippen molar-refractivity contribution in [3.05, 3.63) is 0 Å². The summed E-state index contributed by atoms with van der Waals surface area (Å²) in [5, 5.41) is 3.02. The molecule has 0 aromatic carbocycles. The maximum absolute atomic E-state index is 12.8. The Hall–Kier alpha value is -1.10. The Morgan fingerprint density at radius 3 is 2.23 bits per heavy atom. The van der Waals surface area contributed by atoms with E-state index in [4.69, 9.17) is 0 Å². The van der Waals surface area contributed by atoms with E-state index >= 15 is 0 Å². The molecule has 5 nitrogen and oxygen atoms in total. The van der Waals surface area contributed by atoms with Crippen molar-refractivity contribution in [2.24, 2.45) is 5.41 Å². The monoisotopic (exact) mass is 311 g/mol. The third kappa shape index (κ3) is 4.70. The van der Waals surface area contributed by atoms with E-state index in [1.807, 2.05) is 20.8 Å². The van der Waals surface area contributed by atoms with E-state index in [-0.39, 0.29) is 23.3 Å². The summed E-state index contributed by atoms with van der Waals surface area (Å²) < 4.78 is 0. The maximum atomic E-state index is 12.8. The first-order valence-electron chi connectivity index (χ1n) is 8.33. The fraction of sp³-hybridized carbons (Fsp3) is 0.882. The van der Waals surface area contributed by atoms with Crippen LogP contribution in [0.4, 0.5) is 0 Å². The first kappa shape index (κ1) is 18.9. The Kier molecular flexibility index (Phi) is 6.41. The van der Waals surface area contributed by atoms with E-state index in [1.54, 1.807) is 19.0 Å². The van der Waals surface area contributed by atoms with Crippen molar-refractivity contribution in [3.8, 4) is 0 Å². The van der Waals surface area contributed by atoms with Gasteiger partial charge >= 0.3 is 0 Å². The van der Waals surface area contributed by atoms with Crippen LogP contribution in [0.2, 0.25) is 0 Å². The molecule has 1 fully saturated rings. The fourth-order valence-corrected chi connectivity index (χ4v) is 3.00. The van der Waals surface area contributed by atoms with E-state index in [0.717, 1.165) is 25.8 Å². The van der Waals surface area contributed by atoms with E-state index < -0.39 is 6.04 Å². The van der Waals surface area contributed by atoms with Crippen LogP contribution in [0.1, 0.15) is 53.9 Å². The van der Waals surface area contributed by atoms with Gasteiger partial charge in [0.25, 0.3) is 0 Å². The number of likely N-dealkylation sites (N-methyl/N-ethyl adjacent to an activating group) is 1. The highest BCUT2D eigenvalue weighted by atomic mass is 16.2. The van der Waals surface area contributed by atoms with Gasteiger partial charge in [-0.2, -0.15) is 0 Å². The summed E-state index contributed by atoms with van der Waals surface area (Å²) in [6.07, 6.45) is 3.08. The first-order valence-corrected chi connectivity index (χ1v) is 8.33. The molecule has 1 aliphatic heterocycles. The topological polar surface area (TPSA) is 52.7 Å². The second-order valence-corrected chi connectivity index (χ2v) is 7.88. The highest BCUT2D eigenvalue weighted by molar-refractivity contribution is 5.90. The number of likely N-dealkylation sites (tertiary alicyclic amines) is 1. The number of hydrogen-bond acceptors (Lipinski definition) is 3. The number of hydrogen-bond donors (Lipinski definition) is 1. The van der Waals surface area contributed by atoms with Crippen molar-refractivity contribution < 1.29 is 9.59 Å². The van der Waals surface area contributed by atoms with E-state index in [2.05, 4.69) is 24.1 Å². The van der Waals surface area contributed by atoms with Crippen LogP contribution in [0.25, 0.3) is 0 Å². The van der Waals surface area contributed by atoms with Crippen molar-refractivity contribution >= 4 is 11.8 Å². The molecular weight excluding hydrogens is 278 g/mol. The Labute approximate surface area is 135 Å². The lowest BCUT2D eigenvalue weighted by molar-refractivity contribution is -0.139. The summed E-state index contributed by atoms with van der Waals surface area (Å²) in [6.45, 7) is 11.2. The Morgan fingerprint density at radius 2 is 1.77 bits per heavy atom. The number of carbonyl (C=O) groups excluding carboxylic acids is 2. The number of nitrogens with zero attached hydrogens (tertiary/aromatic N) is 2. The molecule has 0 saturated carbocycles. The summed E-state index contributed by atoms with van der Waals surface area (Å²) in [7, 11) is 3.46. The molecule has 0 spiro atoms. The van der Waals surface area contributed by atoms with E-state index in [1.165, 1.54) is 0 Å². The van der Waals surface area contributed by atoms with Crippen molar-refractivity contribution in [1.29, 1.82) is 0 Å². The minimum Gasteiger partial charge on any atom is -0.347 e. The van der Waals surface area contributed by atoms with Gasteiger partial charge in [-0.3, -0.25) is 14.5 Å². The normalized spacial score (nSPS) is 21.5. The Morgan fingerprint density at radius 1 is 1.18 bits per heavy atom. The quantitative estimate of drug-likeness (QED) is 0.862. The molecular formula is C17H33N3O2. The third-order valence-electron chi connectivity index (χ3n) is 4.35. The molecule has 0 aromatic rings. The van der Waals surface area contributed by atoms with E-state index in [9.17, 15) is 9.59 Å². The standard InChI is InChI=1S/C17H33N3O2/c1-12(2)20-11-9-8-10-13(20)15(21)18-14(17(3,4)5)16(22)19(6)7/h12-14H,8-11H2,1-7H3,(H,18,21)/t13-,14?/m1/s1. The number of piperidine rings is 1. The van der Waals surface area contributed by atoms with Crippen LogP contribution in [0, 0.1) is 5.41 Å². The van der Waals surface area contributed by atoms with Crippen LogP contribution >= 0.6 is 0 Å². The molecule has 1 unspecified atom stereocenters. The average Bonchev–Trinajstić information content (AvgIpc) is 2.42. The largest absolute Gasteiger partial charge is 0.347 e. The summed E-state index contributed by atoms with van der Waals surface area (Å²) >= 11 is 0. The van der Waals surface area contributed by atoms with Crippen molar-refractivity contribution in [2.45, 2.75) is 72.0 Å². The highest BCUT2D eigenvalue weighted by Crippen LogP contribution is 2.23. The van der Waals surface area contributed by atoms with Gasteiger partial charge in [0, 0.05) is 20.1 Å². The minimum atomic E-state index is -0.495. The summed E-state index contributed by atoms with van der Waals surface area (Å²) in [5.74, 6) is -0.0590. The second kappa shape index (κ2) is 7.44. The molecule has 128 valence electrons. The minimum absolute atomic E-state index is 0.0106. The molecule has 1 N–H and O–H groups in total. The average molecular weight is 311 g/mol. The molecule has 0 aliphatic carbocycles. The Bertz CT molecular complexity index is 399. The molecule has 1 saturated heterocycles. The van der Waals surface area contributed by atoms with Gasteiger partial charge in [-0.05, 0) is 38.6 Å². The van der Waals surface area contributed by atoms with Gasteiger partial charge in [0.2, 0.25) is 11.8 Å². The molecule has 1 heterocycles. The van der Waals surface area contributed by atoms with Crippen molar-refractivity contribution in [1.82, 2.24) is 15.1 Å². The SMILES string of the molecule is CC(C)N1CCCC[C@@H]1C(=O)NC(C(=O)N(C)C)C(C)(C)C.